The van der Waals surface area contributed by atoms with Crippen molar-refractivity contribution in [1.29, 1.82) is 0 Å². The van der Waals surface area contributed by atoms with Crippen LogP contribution in [0, 0.1) is 5.92 Å². The quantitative estimate of drug-likeness (QED) is 0.572. The number of imidazole rings is 1. The summed E-state index contributed by atoms with van der Waals surface area (Å²) in [7, 11) is 0. The Labute approximate surface area is 128 Å². The Morgan fingerprint density at radius 2 is 2.20 bits per heavy atom. The van der Waals surface area contributed by atoms with E-state index in [2.05, 4.69) is 9.55 Å². The summed E-state index contributed by atoms with van der Waals surface area (Å²) in [6, 6.07) is 5.79. The topological polar surface area (TPSA) is 27.1 Å². The summed E-state index contributed by atoms with van der Waals surface area (Å²) < 4.78 is 7.91. The van der Waals surface area contributed by atoms with Gasteiger partial charge in [0.1, 0.15) is 5.82 Å². The van der Waals surface area contributed by atoms with Crippen LogP contribution in [0.4, 0.5) is 0 Å². The summed E-state index contributed by atoms with van der Waals surface area (Å²) in [5.41, 5.74) is 2.03. The highest BCUT2D eigenvalue weighted by Gasteiger charge is 2.21. The lowest BCUT2D eigenvalue weighted by Gasteiger charge is -2.09. The molecule has 0 amide bonds. The van der Waals surface area contributed by atoms with Crippen molar-refractivity contribution in [3.63, 3.8) is 0 Å². The van der Waals surface area contributed by atoms with Crippen LogP contribution >= 0.6 is 23.2 Å². The number of aryl methyl sites for hydroxylation is 1. The molecule has 1 heterocycles. The van der Waals surface area contributed by atoms with Crippen molar-refractivity contribution in [3.8, 4) is 0 Å². The van der Waals surface area contributed by atoms with Crippen molar-refractivity contribution in [2.75, 3.05) is 19.1 Å². The highest BCUT2D eigenvalue weighted by atomic mass is 35.5. The van der Waals surface area contributed by atoms with Crippen molar-refractivity contribution >= 4 is 34.2 Å². The normalized spacial score (nSPS) is 15.1. The lowest BCUT2D eigenvalue weighted by atomic mass is 10.3. The van der Waals surface area contributed by atoms with E-state index in [0.717, 1.165) is 47.4 Å². The molecule has 1 aliphatic rings. The zero-order valence-corrected chi connectivity index (χ0v) is 12.8. The number of hydrogen-bond acceptors (Lipinski definition) is 2. The number of aromatic nitrogens is 2. The number of halogens is 2. The van der Waals surface area contributed by atoms with Crippen LogP contribution in [0.15, 0.2) is 18.2 Å². The van der Waals surface area contributed by atoms with Gasteiger partial charge in [0.05, 0.1) is 17.6 Å². The van der Waals surface area contributed by atoms with Crippen molar-refractivity contribution in [2.45, 2.75) is 25.8 Å². The molecule has 1 aromatic carbocycles. The highest BCUT2D eigenvalue weighted by Crippen LogP contribution is 2.28. The van der Waals surface area contributed by atoms with Crippen LogP contribution in [-0.2, 0) is 17.7 Å². The number of alkyl halides is 1. The Balaban J connectivity index is 1.77. The van der Waals surface area contributed by atoms with Gasteiger partial charge in [0.15, 0.2) is 0 Å². The first-order chi connectivity index (χ1) is 9.78. The van der Waals surface area contributed by atoms with Gasteiger partial charge in [-0.25, -0.2) is 4.98 Å². The van der Waals surface area contributed by atoms with Gasteiger partial charge in [-0.3, -0.25) is 0 Å². The molecule has 5 heteroatoms. The molecule has 0 unspecified atom stereocenters. The molecule has 0 spiro atoms. The lowest BCUT2D eigenvalue weighted by molar-refractivity contribution is 0.117. The molecular weight excluding hydrogens is 295 g/mol. The zero-order valence-electron chi connectivity index (χ0n) is 11.3. The van der Waals surface area contributed by atoms with Crippen molar-refractivity contribution in [2.24, 2.45) is 5.92 Å². The average Bonchev–Trinajstić information content (AvgIpc) is 3.19. The monoisotopic (exact) mass is 312 g/mol. The van der Waals surface area contributed by atoms with Crippen LogP contribution < -0.4 is 0 Å². The Kier molecular flexibility index (Phi) is 4.49. The summed E-state index contributed by atoms with van der Waals surface area (Å²) in [6.45, 7) is 2.40. The van der Waals surface area contributed by atoms with Gasteiger partial charge in [-0.15, -0.1) is 11.6 Å². The fourth-order valence-corrected chi connectivity index (χ4v) is 2.70. The summed E-state index contributed by atoms with van der Waals surface area (Å²) in [6.07, 6.45) is 3.40. The Hall–Kier alpha value is -0.770. The maximum absolute atomic E-state index is 6.09. The van der Waals surface area contributed by atoms with Crippen molar-refractivity contribution in [1.82, 2.24) is 9.55 Å². The van der Waals surface area contributed by atoms with Crippen molar-refractivity contribution in [3.05, 3.63) is 29.0 Å². The maximum Gasteiger partial charge on any atom is 0.111 e. The SMILES string of the molecule is ClCCc1nc2ccc(Cl)cc2n1CCOCC1CC1. The molecule has 3 nitrogen and oxygen atoms in total. The first kappa shape index (κ1) is 14.2. The molecule has 0 saturated heterocycles. The maximum atomic E-state index is 6.09. The van der Waals surface area contributed by atoms with Crippen LogP contribution in [0.1, 0.15) is 18.7 Å². The zero-order chi connectivity index (χ0) is 13.9. The Morgan fingerprint density at radius 1 is 1.35 bits per heavy atom. The summed E-state index contributed by atoms with van der Waals surface area (Å²) >= 11 is 12.0. The second-order valence-corrected chi connectivity index (χ2v) is 6.08. The molecule has 108 valence electrons. The summed E-state index contributed by atoms with van der Waals surface area (Å²) in [4.78, 5) is 4.63. The molecular formula is C15H18Cl2N2O. The van der Waals surface area contributed by atoms with Crippen LogP contribution in [0.2, 0.25) is 5.02 Å². The number of hydrogen-bond donors (Lipinski definition) is 0. The van der Waals surface area contributed by atoms with E-state index in [9.17, 15) is 0 Å². The van der Waals surface area contributed by atoms with Gasteiger partial charge in [0.2, 0.25) is 0 Å². The molecule has 20 heavy (non-hydrogen) atoms. The highest BCUT2D eigenvalue weighted by molar-refractivity contribution is 6.31. The first-order valence-electron chi connectivity index (χ1n) is 7.06. The molecule has 1 aliphatic carbocycles. The van der Waals surface area contributed by atoms with Gasteiger partial charge in [-0.2, -0.15) is 0 Å². The van der Waals surface area contributed by atoms with Gasteiger partial charge >= 0.3 is 0 Å². The molecule has 1 aromatic heterocycles. The van der Waals surface area contributed by atoms with Gasteiger partial charge in [0, 0.05) is 30.5 Å². The average molecular weight is 313 g/mol. The van der Waals surface area contributed by atoms with Gasteiger partial charge in [-0.1, -0.05) is 11.6 Å². The van der Waals surface area contributed by atoms with E-state index in [1.54, 1.807) is 0 Å². The smallest absolute Gasteiger partial charge is 0.111 e. The van der Waals surface area contributed by atoms with E-state index in [-0.39, 0.29) is 0 Å². The second-order valence-electron chi connectivity index (χ2n) is 5.27. The number of ether oxygens (including phenoxy) is 1. The number of nitrogens with zero attached hydrogens (tertiary/aromatic N) is 2. The van der Waals surface area contributed by atoms with E-state index in [1.807, 2.05) is 18.2 Å². The molecule has 0 bridgehead atoms. The minimum Gasteiger partial charge on any atom is -0.379 e. The third kappa shape index (κ3) is 3.27. The number of fused-ring (bicyclic) bond motifs is 1. The van der Waals surface area contributed by atoms with E-state index in [4.69, 9.17) is 27.9 Å². The Morgan fingerprint density at radius 3 is 2.95 bits per heavy atom. The van der Waals surface area contributed by atoms with E-state index in [1.165, 1.54) is 12.8 Å². The second kappa shape index (κ2) is 6.33. The van der Waals surface area contributed by atoms with Crippen LogP contribution in [0.25, 0.3) is 11.0 Å². The predicted molar refractivity (Wildman–Crippen MR) is 82.7 cm³/mol. The third-order valence-electron chi connectivity index (χ3n) is 3.62. The van der Waals surface area contributed by atoms with Crippen LogP contribution in [-0.4, -0.2) is 28.6 Å². The van der Waals surface area contributed by atoms with Gasteiger partial charge in [0.25, 0.3) is 0 Å². The van der Waals surface area contributed by atoms with E-state index >= 15 is 0 Å². The molecule has 1 saturated carbocycles. The molecule has 0 aliphatic heterocycles. The van der Waals surface area contributed by atoms with Gasteiger partial charge in [-0.05, 0) is 37.0 Å². The lowest BCUT2D eigenvalue weighted by Crippen LogP contribution is -2.11. The fraction of sp³-hybridized carbons (Fsp3) is 0.533. The Bertz CT molecular complexity index is 593. The van der Waals surface area contributed by atoms with E-state index < -0.39 is 0 Å². The fourth-order valence-electron chi connectivity index (χ4n) is 2.36. The summed E-state index contributed by atoms with van der Waals surface area (Å²) in [5, 5.41) is 0.731. The number of benzene rings is 1. The molecule has 3 rings (SSSR count). The molecule has 1 fully saturated rings. The molecule has 2 aromatic rings. The minimum absolute atomic E-state index is 0.569. The van der Waals surface area contributed by atoms with E-state index in [0.29, 0.717) is 12.5 Å². The van der Waals surface area contributed by atoms with Gasteiger partial charge < -0.3 is 9.30 Å². The van der Waals surface area contributed by atoms with Crippen LogP contribution in [0.5, 0.6) is 0 Å². The third-order valence-corrected chi connectivity index (χ3v) is 4.04. The number of rotatable bonds is 7. The van der Waals surface area contributed by atoms with Crippen LogP contribution in [0.3, 0.4) is 0 Å². The minimum atomic E-state index is 0.569. The standard InChI is InChI=1S/C15H18Cl2N2O/c16-6-5-15-18-13-4-3-12(17)9-14(13)19(15)7-8-20-10-11-1-2-11/h3-4,9,11H,1-2,5-8,10H2. The molecule has 0 radical (unpaired) electrons. The molecule has 0 atom stereocenters. The van der Waals surface area contributed by atoms with Crippen molar-refractivity contribution < 1.29 is 4.74 Å². The first-order valence-corrected chi connectivity index (χ1v) is 7.97. The largest absolute Gasteiger partial charge is 0.379 e. The molecule has 0 N–H and O–H groups in total. The predicted octanol–water partition coefficient (Wildman–Crippen LogP) is 3.90. The summed E-state index contributed by atoms with van der Waals surface area (Å²) in [5.74, 6) is 2.37.